The van der Waals surface area contributed by atoms with E-state index in [9.17, 15) is 9.59 Å². The van der Waals surface area contributed by atoms with Gasteiger partial charge in [-0.2, -0.15) is 0 Å². The van der Waals surface area contributed by atoms with Crippen molar-refractivity contribution in [2.24, 2.45) is 0 Å². The highest BCUT2D eigenvalue weighted by molar-refractivity contribution is 5.97. The van der Waals surface area contributed by atoms with E-state index in [1.165, 1.54) is 0 Å². The predicted molar refractivity (Wildman–Crippen MR) is 108 cm³/mol. The van der Waals surface area contributed by atoms with Crippen molar-refractivity contribution < 1.29 is 9.59 Å². The molecule has 0 radical (unpaired) electrons. The van der Waals surface area contributed by atoms with Gasteiger partial charge in [0.2, 0.25) is 5.95 Å². The molecule has 0 aliphatic carbocycles. The van der Waals surface area contributed by atoms with E-state index < -0.39 is 0 Å². The van der Waals surface area contributed by atoms with Gasteiger partial charge in [-0.3, -0.25) is 9.59 Å². The lowest BCUT2D eigenvalue weighted by atomic mass is 10.1. The van der Waals surface area contributed by atoms with Gasteiger partial charge in [0.05, 0.1) is 5.69 Å². The quantitative estimate of drug-likeness (QED) is 0.830. The normalized spacial score (nSPS) is 16.7. The average Bonchev–Trinajstić information content (AvgIpc) is 3.13. The molecule has 2 aromatic rings. The highest BCUT2D eigenvalue weighted by Crippen LogP contribution is 2.23. The summed E-state index contributed by atoms with van der Waals surface area (Å²) in [5.41, 5.74) is 1.33. The van der Waals surface area contributed by atoms with Gasteiger partial charge >= 0.3 is 0 Å². The second-order valence-electron chi connectivity index (χ2n) is 7.80. The summed E-state index contributed by atoms with van der Waals surface area (Å²) >= 11 is 0. The Balaban J connectivity index is 1.52. The van der Waals surface area contributed by atoms with Crippen LogP contribution in [0.5, 0.6) is 0 Å². The average molecular weight is 397 g/mol. The van der Waals surface area contributed by atoms with E-state index in [1.54, 1.807) is 18.5 Å². The van der Waals surface area contributed by atoms with Crippen molar-refractivity contribution in [3.05, 3.63) is 35.7 Å². The zero-order valence-corrected chi connectivity index (χ0v) is 17.0. The first kappa shape index (κ1) is 19.4. The minimum atomic E-state index is -0.215. The van der Waals surface area contributed by atoms with Gasteiger partial charge in [0, 0.05) is 51.2 Å². The SMILES string of the molecule is CC(C)NC(=O)c1nc(C(=O)N2CCN(c3ncccn3)CC2)c2n1CCCC2. The standard InChI is InChI=1S/C20H27N7O2/c1-14(2)23-18(28)17-24-16(15-6-3-4-9-27(15)17)19(29)25-10-12-26(13-11-25)20-21-7-5-8-22-20/h5,7-8,14H,3-4,6,9-13H2,1-2H3,(H,23,28). The molecule has 1 fully saturated rings. The molecule has 0 bridgehead atoms. The van der Waals surface area contributed by atoms with Gasteiger partial charge in [0.15, 0.2) is 5.82 Å². The summed E-state index contributed by atoms with van der Waals surface area (Å²) in [5.74, 6) is 0.737. The summed E-state index contributed by atoms with van der Waals surface area (Å²) < 4.78 is 1.93. The van der Waals surface area contributed by atoms with Crippen LogP contribution in [0.1, 0.15) is 53.5 Å². The molecule has 1 N–H and O–H groups in total. The third-order valence-corrected chi connectivity index (χ3v) is 5.35. The summed E-state index contributed by atoms with van der Waals surface area (Å²) in [6.07, 6.45) is 6.23. The van der Waals surface area contributed by atoms with Gasteiger partial charge < -0.3 is 19.7 Å². The fraction of sp³-hybridized carbons (Fsp3) is 0.550. The number of carbonyl (C=O) groups excluding carboxylic acids is 2. The van der Waals surface area contributed by atoms with E-state index >= 15 is 0 Å². The fourth-order valence-corrected chi connectivity index (χ4v) is 3.93. The van der Waals surface area contributed by atoms with Crippen LogP contribution in [0.25, 0.3) is 0 Å². The first-order chi connectivity index (χ1) is 14.0. The van der Waals surface area contributed by atoms with Crippen LogP contribution in [-0.2, 0) is 13.0 Å². The number of nitrogens with zero attached hydrogens (tertiary/aromatic N) is 6. The fourth-order valence-electron chi connectivity index (χ4n) is 3.93. The third-order valence-electron chi connectivity index (χ3n) is 5.35. The van der Waals surface area contributed by atoms with Crippen molar-refractivity contribution in [2.75, 3.05) is 31.1 Å². The number of fused-ring (bicyclic) bond motifs is 1. The summed E-state index contributed by atoms with van der Waals surface area (Å²) in [4.78, 5) is 42.8. The lowest BCUT2D eigenvalue weighted by molar-refractivity contribution is 0.0739. The second-order valence-corrected chi connectivity index (χ2v) is 7.80. The Hall–Kier alpha value is -2.97. The molecule has 2 aliphatic heterocycles. The van der Waals surface area contributed by atoms with Crippen molar-refractivity contribution >= 4 is 17.8 Å². The smallest absolute Gasteiger partial charge is 0.287 e. The Kier molecular flexibility index (Phi) is 5.46. The maximum Gasteiger partial charge on any atom is 0.287 e. The molecule has 2 aliphatic rings. The first-order valence-electron chi connectivity index (χ1n) is 10.3. The van der Waals surface area contributed by atoms with Crippen LogP contribution >= 0.6 is 0 Å². The molecule has 9 nitrogen and oxygen atoms in total. The molecule has 0 atom stereocenters. The molecule has 29 heavy (non-hydrogen) atoms. The van der Waals surface area contributed by atoms with Crippen molar-refractivity contribution in [3.8, 4) is 0 Å². The first-order valence-corrected chi connectivity index (χ1v) is 10.3. The van der Waals surface area contributed by atoms with Crippen LogP contribution in [0.3, 0.4) is 0 Å². The number of carbonyl (C=O) groups is 2. The number of nitrogens with one attached hydrogen (secondary N) is 1. The van der Waals surface area contributed by atoms with E-state index in [1.807, 2.05) is 23.3 Å². The van der Waals surface area contributed by atoms with Crippen LogP contribution in [0.4, 0.5) is 5.95 Å². The molecule has 4 rings (SSSR count). The Morgan fingerprint density at radius 1 is 1.03 bits per heavy atom. The number of amides is 2. The van der Waals surface area contributed by atoms with Crippen LogP contribution in [-0.4, -0.2) is 68.5 Å². The number of imidazole rings is 1. The molecule has 2 aromatic heterocycles. The summed E-state index contributed by atoms with van der Waals surface area (Å²) in [7, 11) is 0. The number of anilines is 1. The molecular formula is C20H27N7O2. The molecular weight excluding hydrogens is 370 g/mol. The number of hydrogen-bond acceptors (Lipinski definition) is 6. The Bertz CT molecular complexity index is 886. The number of piperazine rings is 1. The summed E-state index contributed by atoms with van der Waals surface area (Å²) in [6.45, 7) is 7.07. The van der Waals surface area contributed by atoms with Gasteiger partial charge in [-0.05, 0) is 39.2 Å². The van der Waals surface area contributed by atoms with Gasteiger partial charge in [-0.15, -0.1) is 0 Å². The molecule has 0 saturated carbocycles. The van der Waals surface area contributed by atoms with Crippen molar-refractivity contribution in [1.82, 2.24) is 29.7 Å². The highest BCUT2D eigenvalue weighted by Gasteiger charge is 2.31. The summed E-state index contributed by atoms with van der Waals surface area (Å²) in [6, 6.07) is 1.81. The molecule has 154 valence electrons. The molecule has 2 amide bonds. The molecule has 1 saturated heterocycles. The zero-order valence-electron chi connectivity index (χ0n) is 17.0. The van der Waals surface area contributed by atoms with E-state index in [4.69, 9.17) is 0 Å². The van der Waals surface area contributed by atoms with Crippen molar-refractivity contribution in [2.45, 2.75) is 45.7 Å². The molecule has 9 heteroatoms. The summed E-state index contributed by atoms with van der Waals surface area (Å²) in [5, 5.41) is 2.90. The van der Waals surface area contributed by atoms with Crippen molar-refractivity contribution in [3.63, 3.8) is 0 Å². The minimum Gasteiger partial charge on any atom is -0.347 e. The minimum absolute atomic E-state index is 0.0199. The monoisotopic (exact) mass is 397 g/mol. The van der Waals surface area contributed by atoms with Crippen molar-refractivity contribution in [1.29, 1.82) is 0 Å². The lowest BCUT2D eigenvalue weighted by Crippen LogP contribution is -2.49. The highest BCUT2D eigenvalue weighted by atomic mass is 16.2. The third kappa shape index (κ3) is 3.94. The van der Waals surface area contributed by atoms with Gasteiger partial charge in [-0.1, -0.05) is 0 Å². The maximum atomic E-state index is 13.2. The van der Waals surface area contributed by atoms with Gasteiger partial charge in [0.25, 0.3) is 11.8 Å². The second kappa shape index (κ2) is 8.18. The number of rotatable bonds is 4. The number of hydrogen-bond donors (Lipinski definition) is 1. The Morgan fingerprint density at radius 2 is 1.76 bits per heavy atom. The van der Waals surface area contributed by atoms with E-state index in [2.05, 4.69) is 25.2 Å². The van der Waals surface area contributed by atoms with Crippen LogP contribution in [0.15, 0.2) is 18.5 Å². The number of aromatic nitrogens is 4. The van der Waals surface area contributed by atoms with Gasteiger partial charge in [0.1, 0.15) is 5.69 Å². The van der Waals surface area contributed by atoms with E-state index in [-0.39, 0.29) is 17.9 Å². The van der Waals surface area contributed by atoms with Crippen LogP contribution in [0.2, 0.25) is 0 Å². The predicted octanol–water partition coefficient (Wildman–Crippen LogP) is 1.11. The Morgan fingerprint density at radius 3 is 2.45 bits per heavy atom. The molecule has 0 aromatic carbocycles. The van der Waals surface area contributed by atoms with E-state index in [0.29, 0.717) is 43.6 Å². The maximum absolute atomic E-state index is 13.2. The molecule has 0 spiro atoms. The molecule has 0 unspecified atom stereocenters. The largest absolute Gasteiger partial charge is 0.347 e. The van der Waals surface area contributed by atoms with Crippen LogP contribution < -0.4 is 10.2 Å². The zero-order chi connectivity index (χ0) is 20.4. The Labute approximate surface area is 170 Å². The lowest BCUT2D eigenvalue weighted by Gasteiger charge is -2.34. The topological polar surface area (TPSA) is 96.2 Å². The van der Waals surface area contributed by atoms with E-state index in [0.717, 1.165) is 31.5 Å². The van der Waals surface area contributed by atoms with Gasteiger partial charge in [-0.25, -0.2) is 15.0 Å². The van der Waals surface area contributed by atoms with Crippen LogP contribution in [0, 0.1) is 0 Å². The molecule has 4 heterocycles.